The molecule has 0 aliphatic carbocycles. The van der Waals surface area contributed by atoms with E-state index in [1.807, 2.05) is 6.92 Å². The molecule has 0 spiro atoms. The number of hydrogen-bond acceptors (Lipinski definition) is 6. The number of hydrogen-bond donors (Lipinski definition) is 2. The van der Waals surface area contributed by atoms with Crippen molar-refractivity contribution < 1.29 is 28.7 Å². The quantitative estimate of drug-likeness (QED) is 0.279. The predicted octanol–water partition coefficient (Wildman–Crippen LogP) is 7.68. The standard InChI is InChI=1S/C14H18BrNO3.C14H19NO3/c1-9(17)11-5-10(8-15)6-12(7-11)16-13(18)19-14(2,3)4;1-9-6-11(10(2)16)8-12(7-9)15-13(17)18-14(3,4)5/h5-7H,8H2,1-4H3,(H,16,18);6-8H,1-5H3,(H,15,17). The Morgan fingerprint density at radius 1 is 0.703 bits per heavy atom. The van der Waals surface area contributed by atoms with Crippen LogP contribution in [0.5, 0.6) is 0 Å². The molecule has 8 nitrogen and oxygen atoms in total. The Balaban J connectivity index is 0.000000371. The molecule has 2 aromatic rings. The fraction of sp³-hybridized carbons (Fsp3) is 0.429. The second-order valence-electron chi connectivity index (χ2n) is 10.5. The molecule has 0 unspecified atom stereocenters. The summed E-state index contributed by atoms with van der Waals surface area (Å²) in [4.78, 5) is 46.0. The van der Waals surface area contributed by atoms with E-state index < -0.39 is 23.4 Å². The number of alkyl halides is 1. The fourth-order valence-corrected chi connectivity index (χ4v) is 3.27. The van der Waals surface area contributed by atoms with Crippen LogP contribution in [0.3, 0.4) is 0 Å². The molecule has 2 aromatic carbocycles. The number of amides is 2. The lowest BCUT2D eigenvalue weighted by Crippen LogP contribution is -2.27. The van der Waals surface area contributed by atoms with Crippen LogP contribution in [0.25, 0.3) is 0 Å². The van der Waals surface area contributed by atoms with E-state index in [-0.39, 0.29) is 11.6 Å². The Kier molecular flexibility index (Phi) is 11.5. The van der Waals surface area contributed by atoms with Gasteiger partial charge in [-0.05, 0) is 110 Å². The first-order chi connectivity index (χ1) is 16.9. The zero-order chi connectivity index (χ0) is 28.6. The van der Waals surface area contributed by atoms with Crippen LogP contribution < -0.4 is 10.6 Å². The molecular weight excluding hydrogens is 540 g/mol. The molecular formula is C28H37BrN2O6. The van der Waals surface area contributed by atoms with Gasteiger partial charge in [0.1, 0.15) is 11.2 Å². The second-order valence-corrected chi connectivity index (χ2v) is 11.1. The minimum Gasteiger partial charge on any atom is -0.444 e. The zero-order valence-corrected chi connectivity index (χ0v) is 24.6. The molecule has 2 amide bonds. The first kappa shape index (κ1) is 31.8. The highest BCUT2D eigenvalue weighted by Gasteiger charge is 2.17. The topological polar surface area (TPSA) is 111 Å². The van der Waals surface area contributed by atoms with E-state index in [1.165, 1.54) is 13.8 Å². The van der Waals surface area contributed by atoms with Gasteiger partial charge in [0.2, 0.25) is 0 Å². The van der Waals surface area contributed by atoms with Gasteiger partial charge >= 0.3 is 12.2 Å². The third kappa shape index (κ3) is 13.1. The van der Waals surface area contributed by atoms with Crippen LogP contribution in [0, 0.1) is 6.92 Å². The van der Waals surface area contributed by atoms with Crippen molar-refractivity contribution in [3.63, 3.8) is 0 Å². The number of nitrogens with one attached hydrogen (secondary N) is 2. The van der Waals surface area contributed by atoms with Crippen molar-refractivity contribution in [2.45, 2.75) is 78.8 Å². The summed E-state index contributed by atoms with van der Waals surface area (Å²) in [5.74, 6) is -0.0824. The maximum atomic E-state index is 11.7. The summed E-state index contributed by atoms with van der Waals surface area (Å²) < 4.78 is 10.3. The van der Waals surface area contributed by atoms with Crippen molar-refractivity contribution >= 4 is 51.1 Å². The van der Waals surface area contributed by atoms with Gasteiger partial charge in [0.25, 0.3) is 0 Å². The minimum atomic E-state index is -0.555. The van der Waals surface area contributed by atoms with E-state index in [0.29, 0.717) is 27.8 Å². The number of ether oxygens (including phenoxy) is 2. The molecule has 202 valence electrons. The Morgan fingerprint density at radius 3 is 1.49 bits per heavy atom. The van der Waals surface area contributed by atoms with Gasteiger partial charge in [0.15, 0.2) is 11.6 Å². The SMILES string of the molecule is CC(=O)c1cc(C)cc(NC(=O)OC(C)(C)C)c1.CC(=O)c1cc(CBr)cc(NC(=O)OC(C)(C)C)c1. The smallest absolute Gasteiger partial charge is 0.412 e. The highest BCUT2D eigenvalue weighted by Crippen LogP contribution is 2.19. The van der Waals surface area contributed by atoms with Crippen molar-refractivity contribution in [3.05, 3.63) is 58.7 Å². The molecule has 0 heterocycles. The maximum Gasteiger partial charge on any atom is 0.412 e. The third-order valence-electron chi connectivity index (χ3n) is 4.33. The molecule has 0 saturated heterocycles. The summed E-state index contributed by atoms with van der Waals surface area (Å²) in [6.45, 7) is 15.6. The molecule has 2 rings (SSSR count). The van der Waals surface area contributed by atoms with E-state index in [1.54, 1.807) is 77.9 Å². The van der Waals surface area contributed by atoms with Crippen molar-refractivity contribution in [1.29, 1.82) is 0 Å². The van der Waals surface area contributed by atoms with Crippen molar-refractivity contribution in [2.24, 2.45) is 0 Å². The fourth-order valence-electron chi connectivity index (χ4n) is 2.95. The minimum absolute atomic E-state index is 0.0362. The van der Waals surface area contributed by atoms with Gasteiger partial charge in [0.05, 0.1) is 0 Å². The normalized spacial score (nSPS) is 11.0. The molecule has 0 aliphatic rings. The summed E-state index contributed by atoms with van der Waals surface area (Å²) in [7, 11) is 0. The lowest BCUT2D eigenvalue weighted by atomic mass is 10.1. The molecule has 0 aromatic heterocycles. The third-order valence-corrected chi connectivity index (χ3v) is 4.98. The number of carbonyl (C=O) groups excluding carboxylic acids is 4. The van der Waals surface area contributed by atoms with Crippen LogP contribution >= 0.6 is 15.9 Å². The van der Waals surface area contributed by atoms with Crippen LogP contribution in [-0.4, -0.2) is 35.0 Å². The Bertz CT molecular complexity index is 1150. The monoisotopic (exact) mass is 576 g/mol. The van der Waals surface area contributed by atoms with E-state index in [2.05, 4.69) is 26.6 Å². The van der Waals surface area contributed by atoms with Gasteiger partial charge < -0.3 is 9.47 Å². The first-order valence-corrected chi connectivity index (χ1v) is 12.8. The molecule has 0 fully saturated rings. The van der Waals surface area contributed by atoms with Crippen LogP contribution in [-0.2, 0) is 14.8 Å². The zero-order valence-electron chi connectivity index (χ0n) is 23.0. The van der Waals surface area contributed by atoms with E-state index >= 15 is 0 Å². The lowest BCUT2D eigenvalue weighted by molar-refractivity contribution is 0.0624. The molecule has 0 aliphatic heterocycles. The molecule has 0 radical (unpaired) electrons. The van der Waals surface area contributed by atoms with Gasteiger partial charge in [-0.15, -0.1) is 0 Å². The van der Waals surface area contributed by atoms with Crippen molar-refractivity contribution in [1.82, 2.24) is 0 Å². The largest absolute Gasteiger partial charge is 0.444 e. The van der Waals surface area contributed by atoms with E-state index in [4.69, 9.17) is 9.47 Å². The number of rotatable bonds is 5. The van der Waals surface area contributed by atoms with Crippen LogP contribution in [0.2, 0.25) is 0 Å². The summed E-state index contributed by atoms with van der Waals surface area (Å²) in [5, 5.41) is 5.86. The number of benzene rings is 2. The van der Waals surface area contributed by atoms with Gasteiger partial charge in [-0.3, -0.25) is 20.2 Å². The number of anilines is 2. The van der Waals surface area contributed by atoms with Gasteiger partial charge in [-0.25, -0.2) is 9.59 Å². The van der Waals surface area contributed by atoms with Crippen molar-refractivity contribution in [2.75, 3.05) is 10.6 Å². The number of carbonyl (C=O) groups is 4. The van der Waals surface area contributed by atoms with Crippen LogP contribution in [0.4, 0.5) is 21.0 Å². The molecule has 37 heavy (non-hydrogen) atoms. The highest BCUT2D eigenvalue weighted by molar-refractivity contribution is 9.08. The maximum absolute atomic E-state index is 11.7. The first-order valence-electron chi connectivity index (χ1n) is 11.7. The molecule has 0 atom stereocenters. The van der Waals surface area contributed by atoms with Gasteiger partial charge in [-0.2, -0.15) is 0 Å². The number of aryl methyl sites for hydroxylation is 1. The summed E-state index contributed by atoms with van der Waals surface area (Å²) >= 11 is 3.33. The van der Waals surface area contributed by atoms with Crippen molar-refractivity contribution in [3.8, 4) is 0 Å². The van der Waals surface area contributed by atoms with E-state index in [0.717, 1.165) is 11.1 Å². The summed E-state index contributed by atoms with van der Waals surface area (Å²) in [6, 6.07) is 10.4. The number of Topliss-reactive ketones (excluding diaryl/α,β-unsaturated/α-hetero) is 2. The molecule has 0 bridgehead atoms. The lowest BCUT2D eigenvalue weighted by Gasteiger charge is -2.20. The molecule has 9 heteroatoms. The molecule has 0 saturated carbocycles. The Labute approximate surface area is 227 Å². The highest BCUT2D eigenvalue weighted by atomic mass is 79.9. The number of halogens is 1. The predicted molar refractivity (Wildman–Crippen MR) is 150 cm³/mol. The van der Waals surface area contributed by atoms with Gasteiger partial charge in [-0.1, -0.05) is 15.9 Å². The average Bonchev–Trinajstić information content (AvgIpc) is 2.70. The summed E-state index contributed by atoms with van der Waals surface area (Å²) in [5.41, 5.74) is 2.97. The van der Waals surface area contributed by atoms with E-state index in [9.17, 15) is 19.2 Å². The van der Waals surface area contributed by atoms with Crippen LogP contribution in [0.1, 0.15) is 87.2 Å². The Hall–Kier alpha value is -3.20. The van der Waals surface area contributed by atoms with Gasteiger partial charge in [0, 0.05) is 27.8 Å². The second kappa shape index (κ2) is 13.4. The number of ketones is 2. The summed E-state index contributed by atoms with van der Waals surface area (Å²) in [6.07, 6.45) is -1.06. The average molecular weight is 578 g/mol. The Morgan fingerprint density at radius 2 is 1.11 bits per heavy atom. The molecule has 2 N–H and O–H groups in total. The van der Waals surface area contributed by atoms with Crippen LogP contribution in [0.15, 0.2) is 36.4 Å².